The quantitative estimate of drug-likeness (QED) is 0.108. The van der Waals surface area contributed by atoms with Gasteiger partial charge in [-0.3, -0.25) is 0 Å². The number of aromatic nitrogens is 4. The fourth-order valence-electron chi connectivity index (χ4n) is 7.08. The molecule has 0 unspecified atom stereocenters. The van der Waals surface area contributed by atoms with Gasteiger partial charge in [-0.2, -0.15) is 0 Å². The Bertz CT molecular complexity index is 3320. The van der Waals surface area contributed by atoms with Crippen LogP contribution in [0.5, 0.6) is 5.75 Å². The van der Waals surface area contributed by atoms with Gasteiger partial charge in [-0.05, 0) is 81.9 Å². The summed E-state index contributed by atoms with van der Waals surface area (Å²) in [7, 11) is 0. The van der Waals surface area contributed by atoms with Gasteiger partial charge in [0.1, 0.15) is 16.8 Å². The van der Waals surface area contributed by atoms with Crippen LogP contribution in [0.3, 0.4) is 0 Å². The molecule has 11 aromatic rings. The summed E-state index contributed by atoms with van der Waals surface area (Å²) in [5, 5.41) is 17.1. The van der Waals surface area contributed by atoms with Crippen molar-refractivity contribution in [2.24, 2.45) is 0 Å². The van der Waals surface area contributed by atoms with Crippen LogP contribution in [0.4, 0.5) is 0 Å². The van der Waals surface area contributed by atoms with Gasteiger partial charge in [0.25, 0.3) is 0 Å². The van der Waals surface area contributed by atoms with Crippen LogP contribution in [-0.2, 0) is 16.9 Å². The number of rotatable bonds is 3. The summed E-state index contributed by atoms with van der Waals surface area (Å²) in [5.41, 5.74) is 7.51. The van der Waals surface area contributed by atoms with Crippen molar-refractivity contribution in [3.63, 3.8) is 0 Å². The molecule has 0 aliphatic heterocycles. The molecule has 0 aliphatic rings. The average molecular weight is 892 g/mol. The number of benzene rings is 6. The number of phenolic OH excluding ortho intramolecular Hbond substituents is 1. The SMILES string of the molecule is Clc1ncc2oc3ccc(-c4cccc5c4sc4ccccc45)cc3c2n1.Oc1ccc(-c2cccc3c2sc2ccccc23)cc1-c1nc(Cl)ncc1Cl.[3H][Cu+].[CH3-]. The zero-order valence-electron chi connectivity index (χ0n) is 30.6. The van der Waals surface area contributed by atoms with E-state index in [9.17, 15) is 5.11 Å². The maximum Gasteiger partial charge on any atom is -0.358 e. The molecular formula is C45H27Cl3CuN4O2S2. The molecule has 11 rings (SSSR count). The second-order valence-electron chi connectivity index (χ2n) is 12.8. The van der Waals surface area contributed by atoms with E-state index in [1.807, 2.05) is 29.5 Å². The van der Waals surface area contributed by atoms with Gasteiger partial charge in [0, 0.05) is 51.3 Å². The summed E-state index contributed by atoms with van der Waals surface area (Å²) in [6.07, 6.45) is 3.06. The Hall–Kier alpha value is -5.09. The molecule has 0 saturated carbocycles. The minimum absolute atomic E-state index is 0. The van der Waals surface area contributed by atoms with Crippen molar-refractivity contribution in [2.45, 2.75) is 0 Å². The zero-order valence-corrected chi connectivity index (χ0v) is 34.4. The number of phenols is 1. The molecule has 0 fully saturated rings. The number of hydrogen-bond donors (Lipinski definition) is 1. The van der Waals surface area contributed by atoms with Crippen molar-refractivity contribution in [3.05, 3.63) is 157 Å². The van der Waals surface area contributed by atoms with Crippen molar-refractivity contribution >= 4 is 120 Å². The molecule has 57 heavy (non-hydrogen) atoms. The van der Waals surface area contributed by atoms with Gasteiger partial charge in [0.15, 0.2) is 5.58 Å². The summed E-state index contributed by atoms with van der Waals surface area (Å²) in [5.74, 6) is 0.0870. The second kappa shape index (κ2) is 15.7. The number of halogens is 3. The van der Waals surface area contributed by atoms with Gasteiger partial charge in [-0.25, -0.2) is 19.9 Å². The molecule has 0 radical (unpaired) electrons. The maximum absolute atomic E-state index is 10.4. The predicted molar refractivity (Wildman–Crippen MR) is 238 cm³/mol. The van der Waals surface area contributed by atoms with Crippen molar-refractivity contribution in [1.82, 2.24) is 19.9 Å². The normalized spacial score (nSPS) is 11.4. The summed E-state index contributed by atoms with van der Waals surface area (Å²) in [4.78, 5) is 16.5. The zero-order chi connectivity index (χ0) is 39.2. The molecule has 5 heterocycles. The first-order valence-corrected chi connectivity index (χ1v) is 19.8. The number of aromatic hydroxyl groups is 1. The van der Waals surface area contributed by atoms with Crippen LogP contribution in [0.1, 0.15) is 0 Å². The Morgan fingerprint density at radius 1 is 0.561 bits per heavy atom. The number of nitrogens with zero attached hydrogens (tertiary/aromatic N) is 4. The summed E-state index contributed by atoms with van der Waals surface area (Å²) in [6, 6.07) is 41.3. The molecule has 0 spiro atoms. The largest absolute Gasteiger partial charge is 0.358 e. The van der Waals surface area contributed by atoms with E-state index in [4.69, 9.17) is 40.2 Å². The molecule has 1 N–H and O–H groups in total. The van der Waals surface area contributed by atoms with E-state index in [2.05, 4.69) is 134 Å². The standard InChI is InChI=1S/C22H12Cl2N2OS.C22H11ClN2OS.CH3.Cu.H/c23-17-11-25-22(24)26-20(17)16-10-12(8-9-18(16)27)13-5-3-6-15-14-4-1-2-7-19(14)28-21(13)15;23-22-24-11-18-20(25-22)16-10-12(8-9-17(16)26-18)13-5-3-6-15-14-4-1-2-7-19(14)27-21(13)15;;;/h1-11,27H;1-11H;1H3;;/q;;-1;+1;/i;;;;1+2. The molecular weight excluding hydrogens is 863 g/mol. The topological polar surface area (TPSA) is 84.9 Å². The molecule has 0 amide bonds. The Morgan fingerprint density at radius 3 is 1.79 bits per heavy atom. The van der Waals surface area contributed by atoms with E-state index in [0.29, 0.717) is 21.9 Å². The summed E-state index contributed by atoms with van der Waals surface area (Å²) < 4.78 is 16.2. The fourth-order valence-corrected chi connectivity index (χ4v) is 10.0. The molecule has 0 saturated heterocycles. The first-order chi connectivity index (χ1) is 27.9. The van der Waals surface area contributed by atoms with Gasteiger partial charge in [0.2, 0.25) is 10.6 Å². The van der Waals surface area contributed by atoms with Crippen LogP contribution in [0.2, 0.25) is 15.6 Å². The minimum Gasteiger partial charge on any atom is -0.358 e. The summed E-state index contributed by atoms with van der Waals surface area (Å²) in [6.45, 7) is 0. The Kier molecular flexibility index (Phi) is 10.3. The fraction of sp³-hybridized carbons (Fsp3) is 0. The van der Waals surface area contributed by atoms with Crippen molar-refractivity contribution in [1.29, 1.82) is 0.954 Å². The Morgan fingerprint density at radius 2 is 1.12 bits per heavy atom. The van der Waals surface area contributed by atoms with Gasteiger partial charge >= 0.3 is 17.9 Å². The van der Waals surface area contributed by atoms with Crippen molar-refractivity contribution < 1.29 is 26.5 Å². The molecule has 6 nitrogen and oxygen atoms in total. The van der Waals surface area contributed by atoms with Crippen LogP contribution >= 0.6 is 57.5 Å². The van der Waals surface area contributed by atoms with E-state index < -0.39 is 0 Å². The molecule has 283 valence electrons. The number of furan rings is 1. The second-order valence-corrected chi connectivity index (χ2v) is 16.0. The van der Waals surface area contributed by atoms with Gasteiger partial charge < -0.3 is 17.0 Å². The third kappa shape index (κ3) is 6.89. The summed E-state index contributed by atoms with van der Waals surface area (Å²) >= 11 is 25.2. The molecule has 0 bridgehead atoms. The van der Waals surface area contributed by atoms with Crippen LogP contribution in [0.25, 0.3) is 95.9 Å². The van der Waals surface area contributed by atoms with Crippen LogP contribution in [0, 0.1) is 7.43 Å². The smallest absolute Gasteiger partial charge is 0.358 e. The molecule has 6 aromatic carbocycles. The maximum atomic E-state index is 10.4. The van der Waals surface area contributed by atoms with E-state index in [1.54, 1.807) is 23.6 Å². The molecule has 0 atom stereocenters. The third-order valence-electron chi connectivity index (χ3n) is 9.58. The Labute approximate surface area is 360 Å². The predicted octanol–water partition coefficient (Wildman–Crippen LogP) is 14.4. The van der Waals surface area contributed by atoms with Crippen molar-refractivity contribution in [2.75, 3.05) is 0 Å². The number of hydrogen-bond acceptors (Lipinski definition) is 8. The number of thiophene rings is 2. The monoisotopic (exact) mass is 889 g/mol. The minimum atomic E-state index is 0. The molecule has 12 heteroatoms. The van der Waals surface area contributed by atoms with E-state index in [-0.39, 0.29) is 23.7 Å². The van der Waals surface area contributed by atoms with Crippen molar-refractivity contribution in [3.8, 4) is 39.3 Å². The van der Waals surface area contributed by atoms with E-state index in [0.717, 1.165) is 33.2 Å². The van der Waals surface area contributed by atoms with Gasteiger partial charge in [-0.1, -0.05) is 96.5 Å². The first-order valence-electron chi connectivity index (χ1n) is 17.4. The third-order valence-corrected chi connectivity index (χ3v) is 12.7. The van der Waals surface area contributed by atoms with Crippen LogP contribution in [-0.4, -0.2) is 26.0 Å². The van der Waals surface area contributed by atoms with Gasteiger partial charge in [0.05, 0.1) is 23.1 Å². The first kappa shape index (κ1) is 37.5. The number of fused-ring (bicyclic) bond motifs is 9. The van der Waals surface area contributed by atoms with E-state index >= 15 is 0 Å². The van der Waals surface area contributed by atoms with E-state index in [1.165, 1.54) is 52.1 Å². The van der Waals surface area contributed by atoms with Gasteiger partial charge in [-0.15, -0.1) is 22.7 Å². The van der Waals surface area contributed by atoms with Crippen LogP contribution in [0.15, 0.2) is 138 Å². The molecule has 0 aliphatic carbocycles. The van der Waals surface area contributed by atoms with Crippen LogP contribution < -0.4 is 0 Å². The molecule has 5 aromatic heterocycles. The average Bonchev–Trinajstić information content (AvgIpc) is 3.94. The Balaban J connectivity index is 0.000000153.